The minimum atomic E-state index is -1.00. The minimum absolute atomic E-state index is 0.0349. The first kappa shape index (κ1) is 17.1. The van der Waals surface area contributed by atoms with Gasteiger partial charge in [-0.05, 0) is 32.4 Å². The van der Waals surface area contributed by atoms with Gasteiger partial charge in [-0.1, -0.05) is 30.4 Å². The van der Waals surface area contributed by atoms with Gasteiger partial charge in [0.2, 0.25) is 0 Å². The smallest absolute Gasteiger partial charge is 0.336 e. The summed E-state index contributed by atoms with van der Waals surface area (Å²) in [4.78, 5) is 22.0. The summed E-state index contributed by atoms with van der Waals surface area (Å²) in [7, 11) is 1.27. The Labute approximate surface area is 113 Å². The van der Waals surface area contributed by atoms with Crippen molar-refractivity contribution in [3.63, 3.8) is 0 Å². The quantitative estimate of drug-likeness (QED) is 0.453. The fourth-order valence-corrected chi connectivity index (χ4v) is 1.30. The molecule has 4 heteroatoms. The van der Waals surface area contributed by atoms with E-state index in [9.17, 15) is 14.7 Å². The summed E-state index contributed by atoms with van der Waals surface area (Å²) in [6.45, 7) is 4.83. The zero-order chi connectivity index (χ0) is 14.8. The molecule has 19 heavy (non-hydrogen) atoms. The van der Waals surface area contributed by atoms with Crippen molar-refractivity contribution in [1.29, 1.82) is 0 Å². The predicted molar refractivity (Wildman–Crippen MR) is 74.5 cm³/mol. The van der Waals surface area contributed by atoms with E-state index >= 15 is 0 Å². The first-order valence-electron chi connectivity index (χ1n) is 5.88. The summed E-state index contributed by atoms with van der Waals surface area (Å²) in [6, 6.07) is 0. The Morgan fingerprint density at radius 3 is 2.26 bits per heavy atom. The second kappa shape index (κ2) is 9.05. The van der Waals surface area contributed by atoms with Crippen molar-refractivity contribution in [2.75, 3.05) is 7.11 Å². The molecule has 0 aliphatic carbocycles. The van der Waals surface area contributed by atoms with Crippen molar-refractivity contribution >= 4 is 11.8 Å². The zero-order valence-corrected chi connectivity index (χ0v) is 11.7. The molecule has 0 amide bonds. The van der Waals surface area contributed by atoms with Crippen LogP contribution in [0.25, 0.3) is 0 Å². The molecule has 0 aliphatic rings. The topological polar surface area (TPSA) is 63.6 Å². The maximum absolute atomic E-state index is 11.4. The standard InChI is InChI=1S/C15H20O4/c1-5-13(15(18)19-4)14(17)11(2)9-7-6-8-10-12(3)16/h5-10,14,17H,1-4H3/b7-6?,10-8?,11-9?,13-5+/t14-/m0/s1. The Morgan fingerprint density at radius 1 is 1.16 bits per heavy atom. The van der Waals surface area contributed by atoms with Crippen LogP contribution < -0.4 is 0 Å². The molecule has 0 aromatic rings. The van der Waals surface area contributed by atoms with Gasteiger partial charge in [-0.3, -0.25) is 4.79 Å². The van der Waals surface area contributed by atoms with Gasteiger partial charge in [0.25, 0.3) is 0 Å². The van der Waals surface area contributed by atoms with Crippen LogP contribution in [0.5, 0.6) is 0 Å². The zero-order valence-electron chi connectivity index (χ0n) is 11.7. The monoisotopic (exact) mass is 264 g/mol. The van der Waals surface area contributed by atoms with Gasteiger partial charge in [-0.25, -0.2) is 4.79 Å². The molecule has 0 unspecified atom stereocenters. The van der Waals surface area contributed by atoms with Gasteiger partial charge in [0.1, 0.15) is 6.10 Å². The van der Waals surface area contributed by atoms with Gasteiger partial charge >= 0.3 is 5.97 Å². The molecule has 0 spiro atoms. The van der Waals surface area contributed by atoms with Crippen LogP contribution in [0.15, 0.2) is 47.6 Å². The van der Waals surface area contributed by atoms with Crippen molar-refractivity contribution in [2.45, 2.75) is 26.9 Å². The summed E-state index contributed by atoms with van der Waals surface area (Å²) in [5.74, 6) is -0.588. The van der Waals surface area contributed by atoms with Crippen LogP contribution in [0.4, 0.5) is 0 Å². The minimum Gasteiger partial charge on any atom is -0.466 e. The lowest BCUT2D eigenvalue weighted by Gasteiger charge is -2.13. The van der Waals surface area contributed by atoms with Crippen LogP contribution in [0.1, 0.15) is 20.8 Å². The lowest BCUT2D eigenvalue weighted by Crippen LogP contribution is -2.20. The molecule has 0 aliphatic heterocycles. The third-order valence-corrected chi connectivity index (χ3v) is 2.37. The summed E-state index contributed by atoms with van der Waals surface area (Å²) >= 11 is 0. The molecule has 0 radical (unpaired) electrons. The Kier molecular flexibility index (Phi) is 8.13. The van der Waals surface area contributed by atoms with Gasteiger partial charge in [0, 0.05) is 0 Å². The third-order valence-electron chi connectivity index (χ3n) is 2.37. The predicted octanol–water partition coefficient (Wildman–Crippen LogP) is 2.11. The van der Waals surface area contributed by atoms with Gasteiger partial charge in [0.05, 0.1) is 12.7 Å². The highest BCUT2D eigenvalue weighted by molar-refractivity contribution is 5.90. The first-order valence-corrected chi connectivity index (χ1v) is 5.88. The number of methoxy groups -OCH3 is 1. The number of aliphatic hydroxyl groups is 1. The molecule has 1 atom stereocenters. The van der Waals surface area contributed by atoms with Crippen molar-refractivity contribution in [3.05, 3.63) is 47.6 Å². The van der Waals surface area contributed by atoms with E-state index in [-0.39, 0.29) is 11.4 Å². The molecule has 1 N–H and O–H groups in total. The summed E-state index contributed by atoms with van der Waals surface area (Å²) in [6.07, 6.45) is 8.58. The number of hydrogen-bond donors (Lipinski definition) is 1. The van der Waals surface area contributed by atoms with Crippen LogP contribution in [-0.2, 0) is 14.3 Å². The molecule has 0 rings (SSSR count). The first-order chi connectivity index (χ1) is 8.93. The molecule has 0 saturated carbocycles. The molecular weight excluding hydrogens is 244 g/mol. The SMILES string of the molecule is C/C=C(/C(=O)OC)[C@@H](O)C(C)=CC=CC=CC(C)=O. The number of ketones is 1. The van der Waals surface area contributed by atoms with E-state index < -0.39 is 12.1 Å². The molecule has 4 nitrogen and oxygen atoms in total. The van der Waals surface area contributed by atoms with E-state index in [1.54, 1.807) is 38.2 Å². The second-order valence-corrected chi connectivity index (χ2v) is 3.90. The summed E-state index contributed by atoms with van der Waals surface area (Å²) in [5.41, 5.74) is 0.801. The van der Waals surface area contributed by atoms with Crippen molar-refractivity contribution < 1.29 is 19.4 Å². The number of rotatable bonds is 6. The van der Waals surface area contributed by atoms with E-state index in [4.69, 9.17) is 0 Å². The van der Waals surface area contributed by atoms with E-state index in [2.05, 4.69) is 4.74 Å². The highest BCUT2D eigenvalue weighted by atomic mass is 16.5. The number of carbonyl (C=O) groups excluding carboxylic acids is 2. The van der Waals surface area contributed by atoms with E-state index in [1.165, 1.54) is 26.2 Å². The Hall–Kier alpha value is -1.94. The number of hydrogen-bond acceptors (Lipinski definition) is 4. The molecule has 0 aromatic carbocycles. The number of esters is 1. The lowest BCUT2D eigenvalue weighted by atomic mass is 10.0. The average molecular weight is 264 g/mol. The van der Waals surface area contributed by atoms with Gasteiger partial charge in [-0.15, -0.1) is 0 Å². The van der Waals surface area contributed by atoms with Crippen molar-refractivity contribution in [2.24, 2.45) is 0 Å². The van der Waals surface area contributed by atoms with Crippen LogP contribution >= 0.6 is 0 Å². The Bertz CT molecular complexity index is 439. The fourth-order valence-electron chi connectivity index (χ4n) is 1.30. The number of carbonyl (C=O) groups is 2. The van der Waals surface area contributed by atoms with Crippen LogP contribution in [-0.4, -0.2) is 30.1 Å². The molecule has 104 valence electrons. The number of ether oxygens (including phenoxy) is 1. The Balaban J connectivity index is 4.76. The maximum atomic E-state index is 11.4. The average Bonchev–Trinajstić information content (AvgIpc) is 2.37. The Morgan fingerprint density at radius 2 is 1.79 bits per heavy atom. The molecule has 0 bridgehead atoms. The second-order valence-electron chi connectivity index (χ2n) is 3.90. The van der Waals surface area contributed by atoms with Crippen LogP contribution in [0.2, 0.25) is 0 Å². The van der Waals surface area contributed by atoms with Crippen molar-refractivity contribution in [3.8, 4) is 0 Å². The van der Waals surface area contributed by atoms with E-state index in [0.717, 1.165) is 0 Å². The normalized spacial score (nSPS) is 15.0. The fraction of sp³-hybridized carbons (Fsp3) is 0.333. The molecule has 0 fully saturated rings. The number of allylic oxidation sites excluding steroid dienone is 6. The highest BCUT2D eigenvalue weighted by Crippen LogP contribution is 2.13. The maximum Gasteiger partial charge on any atom is 0.336 e. The molecule has 0 aromatic heterocycles. The highest BCUT2D eigenvalue weighted by Gasteiger charge is 2.19. The summed E-state index contributed by atoms with van der Waals surface area (Å²) < 4.78 is 4.58. The molecule has 0 heterocycles. The van der Waals surface area contributed by atoms with Gasteiger partial charge < -0.3 is 9.84 Å². The summed E-state index contributed by atoms with van der Waals surface area (Å²) in [5, 5.41) is 9.98. The molecule has 0 saturated heterocycles. The van der Waals surface area contributed by atoms with Gasteiger partial charge in [-0.2, -0.15) is 0 Å². The number of aliphatic hydroxyl groups excluding tert-OH is 1. The largest absolute Gasteiger partial charge is 0.466 e. The van der Waals surface area contributed by atoms with Crippen LogP contribution in [0, 0.1) is 0 Å². The molecular formula is C15H20O4. The lowest BCUT2D eigenvalue weighted by molar-refractivity contribution is -0.137. The van der Waals surface area contributed by atoms with Crippen LogP contribution in [0.3, 0.4) is 0 Å². The van der Waals surface area contributed by atoms with Crippen molar-refractivity contribution in [1.82, 2.24) is 0 Å². The third kappa shape index (κ3) is 6.52. The van der Waals surface area contributed by atoms with E-state index in [0.29, 0.717) is 5.57 Å². The van der Waals surface area contributed by atoms with E-state index in [1.807, 2.05) is 0 Å². The van der Waals surface area contributed by atoms with Gasteiger partial charge in [0.15, 0.2) is 5.78 Å².